The Bertz CT molecular complexity index is 476. The highest BCUT2D eigenvalue weighted by atomic mass is 16.1. The van der Waals surface area contributed by atoms with Crippen LogP contribution < -0.4 is 4.90 Å². The van der Waals surface area contributed by atoms with Crippen molar-refractivity contribution in [3.8, 4) is 0 Å². The summed E-state index contributed by atoms with van der Waals surface area (Å²) in [7, 11) is 0. The first kappa shape index (κ1) is 15.1. The summed E-state index contributed by atoms with van der Waals surface area (Å²) < 4.78 is 0. The largest absolute Gasteiger partial charge is 0.351 e. The zero-order valence-corrected chi connectivity index (χ0v) is 11.7. The number of aldehydes is 1. The highest BCUT2D eigenvalue weighted by molar-refractivity contribution is 5.94. The highest BCUT2D eigenvalue weighted by Gasteiger charge is 2.27. The van der Waals surface area contributed by atoms with Crippen LogP contribution in [0.1, 0.15) is 38.1 Å². The number of nitrogens with zero attached hydrogens (tertiary/aromatic N) is 1. The van der Waals surface area contributed by atoms with Gasteiger partial charge >= 0.3 is 0 Å². The first-order chi connectivity index (χ1) is 8.90. The average Bonchev–Trinajstić information content (AvgIpc) is 2.39. The Morgan fingerprint density at radius 2 is 1.53 bits per heavy atom. The number of ketones is 2. The summed E-state index contributed by atoms with van der Waals surface area (Å²) >= 11 is 0. The molecule has 0 aromatic heterocycles. The SMILES string of the molecule is CC(=O)C(C)N(c1ccccc1C=O)C(C)C(C)=O. The van der Waals surface area contributed by atoms with Crippen LogP contribution in [0, 0.1) is 0 Å². The third kappa shape index (κ3) is 3.28. The third-order valence-corrected chi connectivity index (χ3v) is 3.35. The molecule has 0 fully saturated rings. The number of hydrogen-bond acceptors (Lipinski definition) is 4. The molecule has 0 saturated heterocycles. The minimum atomic E-state index is -0.458. The van der Waals surface area contributed by atoms with E-state index in [2.05, 4.69) is 0 Å². The number of Topliss-reactive ketones (excluding diaryl/α,β-unsaturated/α-hetero) is 2. The van der Waals surface area contributed by atoms with E-state index in [-0.39, 0.29) is 11.6 Å². The number of benzene rings is 1. The Hall–Kier alpha value is -1.97. The second-order valence-corrected chi connectivity index (χ2v) is 4.66. The van der Waals surface area contributed by atoms with E-state index in [9.17, 15) is 14.4 Å². The summed E-state index contributed by atoms with van der Waals surface area (Å²) in [5.41, 5.74) is 1.09. The van der Waals surface area contributed by atoms with Crippen LogP contribution in [0.15, 0.2) is 24.3 Å². The van der Waals surface area contributed by atoms with Gasteiger partial charge in [0.15, 0.2) is 17.9 Å². The Kier molecular flexibility index (Phi) is 4.98. The van der Waals surface area contributed by atoms with Crippen LogP contribution in [-0.2, 0) is 9.59 Å². The molecule has 0 aliphatic carbocycles. The normalized spacial score (nSPS) is 13.5. The first-order valence-corrected chi connectivity index (χ1v) is 6.23. The van der Waals surface area contributed by atoms with Crippen molar-refractivity contribution in [2.24, 2.45) is 0 Å². The summed E-state index contributed by atoms with van der Waals surface area (Å²) in [6, 6.07) is 6.05. The van der Waals surface area contributed by atoms with Gasteiger partial charge in [0, 0.05) is 11.3 Å². The van der Waals surface area contributed by atoms with Crippen molar-refractivity contribution in [1.82, 2.24) is 0 Å². The Labute approximate surface area is 113 Å². The third-order valence-electron chi connectivity index (χ3n) is 3.35. The molecule has 0 saturated carbocycles. The molecule has 0 bridgehead atoms. The Morgan fingerprint density at radius 1 is 1.05 bits per heavy atom. The van der Waals surface area contributed by atoms with Crippen LogP contribution in [0.4, 0.5) is 5.69 Å². The van der Waals surface area contributed by atoms with Gasteiger partial charge in [0.2, 0.25) is 0 Å². The number of hydrogen-bond donors (Lipinski definition) is 0. The van der Waals surface area contributed by atoms with Crippen molar-refractivity contribution >= 4 is 23.5 Å². The zero-order chi connectivity index (χ0) is 14.6. The Balaban J connectivity index is 3.34. The lowest BCUT2D eigenvalue weighted by atomic mass is 10.0. The fourth-order valence-electron chi connectivity index (χ4n) is 1.97. The van der Waals surface area contributed by atoms with Crippen LogP contribution in [0.2, 0.25) is 0 Å². The van der Waals surface area contributed by atoms with Crippen LogP contribution in [0.25, 0.3) is 0 Å². The second-order valence-electron chi connectivity index (χ2n) is 4.66. The molecule has 4 heteroatoms. The minimum Gasteiger partial charge on any atom is -0.351 e. The van der Waals surface area contributed by atoms with E-state index in [4.69, 9.17) is 0 Å². The molecule has 0 radical (unpaired) electrons. The number of carbonyl (C=O) groups is 3. The Morgan fingerprint density at radius 3 is 1.95 bits per heavy atom. The van der Waals surface area contributed by atoms with Crippen molar-refractivity contribution in [1.29, 1.82) is 0 Å². The van der Waals surface area contributed by atoms with Gasteiger partial charge in [-0.05, 0) is 39.8 Å². The lowest BCUT2D eigenvalue weighted by molar-refractivity contribution is -0.119. The van der Waals surface area contributed by atoms with Crippen molar-refractivity contribution in [3.05, 3.63) is 29.8 Å². The molecule has 0 aliphatic heterocycles. The van der Waals surface area contributed by atoms with Crippen LogP contribution in [-0.4, -0.2) is 29.9 Å². The summed E-state index contributed by atoms with van der Waals surface area (Å²) in [6.45, 7) is 6.44. The molecule has 0 aliphatic rings. The van der Waals surface area contributed by atoms with Gasteiger partial charge in [-0.2, -0.15) is 0 Å². The standard InChI is InChI=1S/C15H19NO3/c1-10(12(3)18)16(11(2)13(4)19)15-8-6-5-7-14(15)9-17/h5-11H,1-4H3. The van der Waals surface area contributed by atoms with Gasteiger partial charge in [0.25, 0.3) is 0 Å². The van der Waals surface area contributed by atoms with E-state index in [0.717, 1.165) is 6.29 Å². The van der Waals surface area contributed by atoms with E-state index in [1.165, 1.54) is 13.8 Å². The number of carbonyl (C=O) groups excluding carboxylic acids is 3. The summed E-state index contributed by atoms with van der Waals surface area (Å²) in [4.78, 5) is 36.1. The van der Waals surface area contributed by atoms with Gasteiger partial charge < -0.3 is 4.90 Å². The fraction of sp³-hybridized carbons (Fsp3) is 0.400. The van der Waals surface area contributed by atoms with Crippen LogP contribution in [0.3, 0.4) is 0 Å². The van der Waals surface area contributed by atoms with Gasteiger partial charge in [-0.25, -0.2) is 0 Å². The topological polar surface area (TPSA) is 54.5 Å². The molecular weight excluding hydrogens is 242 g/mol. The monoisotopic (exact) mass is 261 g/mol. The molecule has 2 atom stereocenters. The molecular formula is C15H19NO3. The van der Waals surface area contributed by atoms with E-state index in [0.29, 0.717) is 11.3 Å². The summed E-state index contributed by atoms with van der Waals surface area (Å²) in [5, 5.41) is 0. The molecule has 1 aromatic carbocycles. The minimum absolute atomic E-state index is 0.0474. The lowest BCUT2D eigenvalue weighted by Gasteiger charge is -2.35. The molecule has 0 amide bonds. The molecule has 1 rings (SSSR count). The van der Waals surface area contributed by atoms with Crippen molar-refractivity contribution < 1.29 is 14.4 Å². The molecule has 0 spiro atoms. The predicted molar refractivity (Wildman–Crippen MR) is 74.6 cm³/mol. The maximum atomic E-state index is 11.6. The number of para-hydroxylation sites is 1. The second kappa shape index (κ2) is 6.27. The highest BCUT2D eigenvalue weighted by Crippen LogP contribution is 2.24. The zero-order valence-electron chi connectivity index (χ0n) is 11.7. The van der Waals surface area contributed by atoms with Gasteiger partial charge in [-0.3, -0.25) is 14.4 Å². The molecule has 0 N–H and O–H groups in total. The molecule has 19 heavy (non-hydrogen) atoms. The molecule has 1 aromatic rings. The first-order valence-electron chi connectivity index (χ1n) is 6.23. The van der Waals surface area contributed by atoms with Crippen LogP contribution in [0.5, 0.6) is 0 Å². The molecule has 0 heterocycles. The molecule has 4 nitrogen and oxygen atoms in total. The van der Waals surface area contributed by atoms with E-state index in [1.54, 1.807) is 43.0 Å². The maximum absolute atomic E-state index is 11.6. The van der Waals surface area contributed by atoms with E-state index in [1.807, 2.05) is 0 Å². The smallest absolute Gasteiger partial charge is 0.152 e. The van der Waals surface area contributed by atoms with Gasteiger partial charge in [-0.1, -0.05) is 12.1 Å². The van der Waals surface area contributed by atoms with Crippen molar-refractivity contribution in [3.63, 3.8) is 0 Å². The van der Waals surface area contributed by atoms with Gasteiger partial charge in [-0.15, -0.1) is 0 Å². The van der Waals surface area contributed by atoms with Crippen LogP contribution >= 0.6 is 0 Å². The molecule has 102 valence electrons. The average molecular weight is 261 g/mol. The predicted octanol–water partition coefficient (Wildman–Crippen LogP) is 2.26. The number of rotatable bonds is 6. The summed E-state index contributed by atoms with van der Waals surface area (Å²) in [5.74, 6) is -0.0948. The van der Waals surface area contributed by atoms with Gasteiger partial charge in [0.05, 0.1) is 12.1 Å². The summed E-state index contributed by atoms with van der Waals surface area (Å²) in [6.07, 6.45) is 0.738. The quantitative estimate of drug-likeness (QED) is 0.737. The van der Waals surface area contributed by atoms with Crippen molar-refractivity contribution in [2.45, 2.75) is 39.8 Å². The fourth-order valence-corrected chi connectivity index (χ4v) is 1.97. The number of anilines is 1. The lowest BCUT2D eigenvalue weighted by Crippen LogP contribution is -2.47. The van der Waals surface area contributed by atoms with E-state index < -0.39 is 12.1 Å². The van der Waals surface area contributed by atoms with Gasteiger partial charge in [0.1, 0.15) is 0 Å². The van der Waals surface area contributed by atoms with E-state index >= 15 is 0 Å². The molecule has 2 unspecified atom stereocenters. The van der Waals surface area contributed by atoms with Crippen molar-refractivity contribution in [2.75, 3.05) is 4.90 Å². The maximum Gasteiger partial charge on any atom is 0.152 e.